The maximum Gasteiger partial charge on any atom is 0.222 e. The van der Waals surface area contributed by atoms with Gasteiger partial charge in [-0.15, -0.1) is 0 Å². The second kappa shape index (κ2) is 8.05. The van der Waals surface area contributed by atoms with Crippen molar-refractivity contribution < 1.29 is 9.90 Å². The molecule has 2 saturated heterocycles. The van der Waals surface area contributed by atoms with Crippen molar-refractivity contribution >= 4 is 12.0 Å². The first kappa shape index (κ1) is 19.7. The number of allylic oxidation sites excluding steroid dienone is 1. The topological polar surface area (TPSA) is 69.6 Å². The van der Waals surface area contributed by atoms with E-state index in [1.165, 1.54) is 17.5 Å². The number of aliphatic hydroxyl groups is 1. The van der Waals surface area contributed by atoms with Crippen molar-refractivity contribution in [2.45, 2.75) is 44.3 Å². The molecule has 1 aromatic carbocycles. The van der Waals surface area contributed by atoms with Crippen molar-refractivity contribution in [3.63, 3.8) is 0 Å². The number of carbonyl (C=O) groups is 1. The molecule has 6 nitrogen and oxygen atoms in total. The summed E-state index contributed by atoms with van der Waals surface area (Å²) >= 11 is 0. The summed E-state index contributed by atoms with van der Waals surface area (Å²) < 4.78 is 0. The minimum Gasteiger partial charge on any atom is -0.395 e. The minimum atomic E-state index is -0.143. The highest BCUT2D eigenvalue weighted by atomic mass is 16.3. The van der Waals surface area contributed by atoms with Crippen molar-refractivity contribution in [1.82, 2.24) is 19.8 Å². The molecular weight excluding hydrogens is 364 g/mol. The predicted molar refractivity (Wildman–Crippen MR) is 112 cm³/mol. The van der Waals surface area contributed by atoms with Crippen LogP contribution in [0.1, 0.15) is 42.9 Å². The lowest BCUT2D eigenvalue weighted by Crippen LogP contribution is -2.84. The molecule has 2 fully saturated rings. The average Bonchev–Trinajstić information content (AvgIpc) is 2.72. The van der Waals surface area contributed by atoms with E-state index in [1.807, 2.05) is 37.2 Å². The van der Waals surface area contributed by atoms with Gasteiger partial charge in [-0.2, -0.15) is 0 Å². The Bertz CT molecular complexity index is 876. The monoisotopic (exact) mass is 392 g/mol. The largest absolute Gasteiger partial charge is 0.395 e. The van der Waals surface area contributed by atoms with E-state index in [4.69, 9.17) is 0 Å². The molecule has 2 atom stereocenters. The molecule has 3 heterocycles. The highest BCUT2D eigenvalue weighted by Crippen LogP contribution is 2.54. The summed E-state index contributed by atoms with van der Waals surface area (Å²) in [4.78, 5) is 24.8. The van der Waals surface area contributed by atoms with Gasteiger partial charge in [0.05, 0.1) is 12.1 Å². The molecule has 2 aromatic rings. The number of hydrogen-bond acceptors (Lipinski definition) is 5. The summed E-state index contributed by atoms with van der Waals surface area (Å²) in [6, 6.07) is 8.59. The summed E-state index contributed by atoms with van der Waals surface area (Å²) in [6.07, 6.45) is 9.80. The van der Waals surface area contributed by atoms with Gasteiger partial charge in [0.2, 0.25) is 5.91 Å². The van der Waals surface area contributed by atoms with Gasteiger partial charge in [0, 0.05) is 56.0 Å². The zero-order valence-corrected chi connectivity index (χ0v) is 17.0. The van der Waals surface area contributed by atoms with E-state index >= 15 is 0 Å². The zero-order chi connectivity index (χ0) is 20.4. The Kier molecular flexibility index (Phi) is 5.48. The van der Waals surface area contributed by atoms with Crippen LogP contribution in [0.4, 0.5) is 0 Å². The molecular formula is C23H28N4O2. The summed E-state index contributed by atoms with van der Waals surface area (Å²) in [5.74, 6) is 0.381. The summed E-state index contributed by atoms with van der Waals surface area (Å²) in [5, 5.41) is 10.2. The lowest BCUT2D eigenvalue weighted by molar-refractivity contribution is -0.200. The third kappa shape index (κ3) is 3.36. The first-order valence-electron chi connectivity index (χ1n) is 10.2. The number of nitrogens with zero attached hydrogens (tertiary/aromatic N) is 4. The molecule has 0 unspecified atom stereocenters. The van der Waals surface area contributed by atoms with Crippen LogP contribution in [0.3, 0.4) is 0 Å². The van der Waals surface area contributed by atoms with Gasteiger partial charge in [-0.1, -0.05) is 43.3 Å². The Morgan fingerprint density at radius 2 is 1.93 bits per heavy atom. The van der Waals surface area contributed by atoms with E-state index in [-0.39, 0.29) is 30.0 Å². The third-order valence-electron chi connectivity index (χ3n) is 6.33. The molecule has 1 N–H and O–H groups in total. The smallest absolute Gasteiger partial charge is 0.222 e. The number of rotatable bonds is 6. The maximum absolute atomic E-state index is 12.2. The van der Waals surface area contributed by atoms with Crippen LogP contribution in [0.15, 0.2) is 49.1 Å². The molecule has 152 valence electrons. The van der Waals surface area contributed by atoms with Crippen LogP contribution in [0.2, 0.25) is 0 Å². The van der Waals surface area contributed by atoms with Crippen LogP contribution in [-0.4, -0.2) is 62.1 Å². The highest BCUT2D eigenvalue weighted by Gasteiger charge is 2.66. The van der Waals surface area contributed by atoms with Gasteiger partial charge in [-0.25, -0.2) is 9.97 Å². The average molecular weight is 393 g/mol. The SMILES string of the molecule is C/C=C/c1ccc([C@H]2[C@@H](CO)N(Cc3cncnc3)C23CN(C(=O)CC)C3)cc1. The number of carbonyl (C=O) groups excluding carboxylic acids is 1. The number of aliphatic hydroxyl groups excluding tert-OH is 1. The third-order valence-corrected chi connectivity index (χ3v) is 6.33. The molecule has 2 aliphatic heterocycles. The second-order valence-corrected chi connectivity index (χ2v) is 7.98. The normalized spacial score (nSPS) is 23.2. The van der Waals surface area contributed by atoms with Gasteiger partial charge >= 0.3 is 0 Å². The molecule has 0 aliphatic carbocycles. The predicted octanol–water partition coefficient (Wildman–Crippen LogP) is 2.46. The molecule has 1 spiro atoms. The van der Waals surface area contributed by atoms with Crippen molar-refractivity contribution in [1.29, 1.82) is 0 Å². The Labute approximate surface area is 171 Å². The van der Waals surface area contributed by atoms with Gasteiger partial charge in [-0.3, -0.25) is 9.69 Å². The number of likely N-dealkylation sites (tertiary alicyclic amines) is 2. The van der Waals surface area contributed by atoms with Gasteiger partial charge in [0.1, 0.15) is 6.33 Å². The number of aromatic nitrogens is 2. The summed E-state index contributed by atoms with van der Waals surface area (Å²) in [5.41, 5.74) is 3.27. The Morgan fingerprint density at radius 3 is 2.52 bits per heavy atom. The standard InChI is InChI=1S/C23H28N4O2/c1-3-5-17-6-8-19(9-7-17)22-20(13-28)27(12-18-10-24-16-25-11-18)23(22)14-26(15-23)21(29)4-2/h3,5-11,16,20,22,28H,4,12-15H2,1-2H3/b5-3+/t20-,22+/m1/s1. The van der Waals surface area contributed by atoms with Gasteiger partial charge in [0.15, 0.2) is 0 Å². The summed E-state index contributed by atoms with van der Waals surface area (Å²) in [6.45, 7) is 6.07. The Balaban J connectivity index is 1.63. The fourth-order valence-corrected chi connectivity index (χ4v) is 4.98. The summed E-state index contributed by atoms with van der Waals surface area (Å²) in [7, 11) is 0. The molecule has 2 aliphatic rings. The van der Waals surface area contributed by atoms with Gasteiger partial charge < -0.3 is 10.0 Å². The van der Waals surface area contributed by atoms with E-state index in [1.54, 1.807) is 0 Å². The lowest BCUT2D eigenvalue weighted by Gasteiger charge is -2.70. The first-order chi connectivity index (χ1) is 14.1. The van der Waals surface area contributed by atoms with Crippen LogP contribution in [0, 0.1) is 0 Å². The van der Waals surface area contributed by atoms with Crippen LogP contribution < -0.4 is 0 Å². The van der Waals surface area contributed by atoms with Crippen LogP contribution >= 0.6 is 0 Å². The van der Waals surface area contributed by atoms with Crippen LogP contribution in [0.25, 0.3) is 6.08 Å². The van der Waals surface area contributed by atoms with Crippen LogP contribution in [0.5, 0.6) is 0 Å². The molecule has 29 heavy (non-hydrogen) atoms. The molecule has 1 aromatic heterocycles. The number of amides is 1. The van der Waals surface area contributed by atoms with E-state index in [9.17, 15) is 9.90 Å². The van der Waals surface area contributed by atoms with Gasteiger partial charge in [-0.05, 0) is 18.1 Å². The van der Waals surface area contributed by atoms with E-state index in [0.717, 1.165) is 5.56 Å². The van der Waals surface area contributed by atoms with Crippen molar-refractivity contribution in [2.75, 3.05) is 19.7 Å². The molecule has 0 saturated carbocycles. The molecule has 4 rings (SSSR count). The van der Waals surface area contributed by atoms with Crippen molar-refractivity contribution in [3.05, 3.63) is 65.8 Å². The van der Waals surface area contributed by atoms with Crippen LogP contribution in [-0.2, 0) is 11.3 Å². The highest BCUT2D eigenvalue weighted by molar-refractivity contribution is 5.77. The molecule has 0 bridgehead atoms. The van der Waals surface area contributed by atoms with Gasteiger partial charge in [0.25, 0.3) is 0 Å². The van der Waals surface area contributed by atoms with Crippen molar-refractivity contribution in [3.8, 4) is 0 Å². The lowest BCUT2D eigenvalue weighted by atomic mass is 9.60. The molecule has 6 heteroatoms. The fourth-order valence-electron chi connectivity index (χ4n) is 4.98. The fraction of sp³-hybridized carbons (Fsp3) is 0.435. The minimum absolute atomic E-state index is 0.0154. The Hall–Kier alpha value is -2.57. The maximum atomic E-state index is 12.2. The van der Waals surface area contributed by atoms with E-state index in [2.05, 4.69) is 45.2 Å². The first-order valence-corrected chi connectivity index (χ1v) is 10.2. The van der Waals surface area contributed by atoms with E-state index < -0.39 is 0 Å². The zero-order valence-electron chi connectivity index (χ0n) is 17.0. The number of hydrogen-bond donors (Lipinski definition) is 1. The van der Waals surface area contributed by atoms with Crippen molar-refractivity contribution in [2.24, 2.45) is 0 Å². The van der Waals surface area contributed by atoms with E-state index in [0.29, 0.717) is 26.1 Å². The Morgan fingerprint density at radius 1 is 1.24 bits per heavy atom. The quantitative estimate of drug-likeness (QED) is 0.818. The molecule has 1 amide bonds. The molecule has 0 radical (unpaired) electrons. The number of benzene rings is 1. The second-order valence-electron chi connectivity index (χ2n) is 7.98.